The number of quaternary nitrogens is 1. The minimum atomic E-state index is 0.0126. The number of halogens is 1. The van der Waals surface area contributed by atoms with Gasteiger partial charge in [-0.2, -0.15) is 0 Å². The van der Waals surface area contributed by atoms with Crippen molar-refractivity contribution in [2.75, 3.05) is 44.8 Å². The number of likely N-dealkylation sites (N-methyl/N-ethyl adjacent to an activating group) is 1. The summed E-state index contributed by atoms with van der Waals surface area (Å²) in [6, 6.07) is 14.0. The van der Waals surface area contributed by atoms with Gasteiger partial charge >= 0.3 is 0 Å². The third-order valence-corrected chi connectivity index (χ3v) is 6.87. The maximum absolute atomic E-state index is 13.6. The van der Waals surface area contributed by atoms with Gasteiger partial charge in [-0.05, 0) is 37.6 Å². The molecule has 2 aliphatic heterocycles. The maximum Gasteiger partial charge on any atom is 0.260 e. The molecule has 1 fully saturated rings. The Labute approximate surface area is 178 Å². The number of aryl methyl sites for hydroxylation is 1. The molecule has 1 saturated heterocycles. The van der Waals surface area contributed by atoms with Crippen LogP contribution in [0.15, 0.2) is 42.5 Å². The van der Waals surface area contributed by atoms with Crippen LogP contribution in [0.2, 0.25) is 5.02 Å². The Morgan fingerprint density at radius 2 is 2.07 bits per heavy atom. The van der Waals surface area contributed by atoms with Crippen LogP contribution in [-0.4, -0.2) is 56.3 Å². The number of ether oxygens (including phenoxy) is 1. The van der Waals surface area contributed by atoms with E-state index in [2.05, 4.69) is 32.2 Å². The minimum Gasteiger partial charge on any atom is -0.376 e. The number of carbonyl (C=O) groups excluding carboxylic acids is 1. The van der Waals surface area contributed by atoms with Crippen molar-refractivity contribution >= 4 is 23.2 Å². The fourth-order valence-electron chi connectivity index (χ4n) is 4.97. The molecule has 0 bridgehead atoms. The first-order chi connectivity index (χ1) is 13.9. The van der Waals surface area contributed by atoms with Crippen molar-refractivity contribution in [3.8, 4) is 0 Å². The molecule has 4 rings (SSSR count). The van der Waals surface area contributed by atoms with E-state index in [-0.39, 0.29) is 11.9 Å². The molecule has 0 saturated carbocycles. The molecule has 0 spiro atoms. The van der Waals surface area contributed by atoms with E-state index in [1.54, 1.807) is 6.07 Å². The van der Waals surface area contributed by atoms with Gasteiger partial charge in [0.05, 0.1) is 49.3 Å². The zero-order valence-corrected chi connectivity index (χ0v) is 18.3. The van der Waals surface area contributed by atoms with Crippen molar-refractivity contribution < 1.29 is 14.0 Å². The number of hydrogen-bond acceptors (Lipinski definition) is 2. The second kappa shape index (κ2) is 8.10. The second-order valence-corrected chi connectivity index (χ2v) is 9.03. The molecule has 3 atom stereocenters. The number of rotatable bonds is 5. The van der Waals surface area contributed by atoms with Crippen molar-refractivity contribution in [1.82, 2.24) is 0 Å². The highest BCUT2D eigenvalue weighted by Crippen LogP contribution is 2.47. The summed E-state index contributed by atoms with van der Waals surface area (Å²) >= 11 is 6.38. The van der Waals surface area contributed by atoms with Crippen molar-refractivity contribution in [2.45, 2.75) is 32.2 Å². The average Bonchev–Trinajstić information content (AvgIpc) is 3.00. The van der Waals surface area contributed by atoms with E-state index in [4.69, 9.17) is 16.3 Å². The molecule has 0 aromatic heterocycles. The molecule has 0 N–H and O–H groups in total. The summed E-state index contributed by atoms with van der Waals surface area (Å²) in [6.07, 6.45) is 0.983. The molecule has 2 aromatic rings. The Bertz CT molecular complexity index is 916. The van der Waals surface area contributed by atoms with E-state index in [9.17, 15) is 4.79 Å². The molecule has 5 heteroatoms. The average molecular weight is 414 g/mol. The third kappa shape index (κ3) is 3.81. The second-order valence-electron chi connectivity index (χ2n) is 8.63. The van der Waals surface area contributed by atoms with Gasteiger partial charge in [-0.3, -0.25) is 4.79 Å². The van der Waals surface area contributed by atoms with Gasteiger partial charge in [-0.15, -0.1) is 0 Å². The number of anilines is 1. The predicted octanol–water partition coefficient (Wildman–Crippen LogP) is 4.65. The van der Waals surface area contributed by atoms with Crippen LogP contribution >= 0.6 is 11.6 Å². The van der Waals surface area contributed by atoms with E-state index in [0.29, 0.717) is 16.5 Å². The van der Waals surface area contributed by atoms with E-state index >= 15 is 0 Å². The van der Waals surface area contributed by atoms with Crippen molar-refractivity contribution in [2.24, 2.45) is 0 Å². The molecule has 0 aliphatic carbocycles. The van der Waals surface area contributed by atoms with Crippen LogP contribution in [0.5, 0.6) is 0 Å². The molecule has 1 amide bonds. The molecular weight excluding hydrogens is 384 g/mol. The van der Waals surface area contributed by atoms with Gasteiger partial charge in [0, 0.05) is 18.7 Å². The lowest BCUT2D eigenvalue weighted by molar-refractivity contribution is -0.915. The largest absolute Gasteiger partial charge is 0.376 e. The van der Waals surface area contributed by atoms with Gasteiger partial charge < -0.3 is 14.1 Å². The number of amides is 1. The number of nitrogens with zero attached hydrogens (tertiary/aromatic N) is 2. The lowest BCUT2D eigenvalue weighted by Gasteiger charge is -2.44. The highest BCUT2D eigenvalue weighted by atomic mass is 35.5. The van der Waals surface area contributed by atoms with Gasteiger partial charge in [0.25, 0.3) is 5.91 Å². The number of carbonyl (C=O) groups is 1. The number of piperidine rings is 1. The Morgan fingerprint density at radius 1 is 1.28 bits per heavy atom. The summed E-state index contributed by atoms with van der Waals surface area (Å²) < 4.78 is 6.63. The van der Waals surface area contributed by atoms with Crippen molar-refractivity contribution in [3.63, 3.8) is 0 Å². The van der Waals surface area contributed by atoms with Crippen LogP contribution < -0.4 is 4.90 Å². The molecule has 154 valence electrons. The number of benzene rings is 2. The first kappa shape index (κ1) is 20.4. The topological polar surface area (TPSA) is 29.5 Å². The van der Waals surface area contributed by atoms with E-state index < -0.39 is 0 Å². The van der Waals surface area contributed by atoms with E-state index in [0.717, 1.165) is 49.4 Å². The number of likely N-dealkylation sites (tertiary alicyclic amines) is 1. The monoisotopic (exact) mass is 413 g/mol. The molecule has 2 aromatic carbocycles. The van der Waals surface area contributed by atoms with E-state index in [1.165, 1.54) is 11.1 Å². The summed E-state index contributed by atoms with van der Waals surface area (Å²) in [4.78, 5) is 15.6. The summed E-state index contributed by atoms with van der Waals surface area (Å²) in [5.41, 5.74) is 4.17. The molecule has 3 unspecified atom stereocenters. The van der Waals surface area contributed by atoms with Gasteiger partial charge in [0.2, 0.25) is 0 Å². The van der Waals surface area contributed by atoms with Crippen molar-refractivity contribution in [3.05, 3.63) is 64.2 Å². The van der Waals surface area contributed by atoms with Crippen LogP contribution in [0.25, 0.3) is 0 Å². The molecule has 2 heterocycles. The first-order valence-electron chi connectivity index (χ1n) is 10.5. The lowest BCUT2D eigenvalue weighted by atomic mass is 9.87. The zero-order chi connectivity index (χ0) is 20.6. The van der Waals surface area contributed by atoms with Crippen LogP contribution in [-0.2, 0) is 4.74 Å². The normalized spacial score (nSPS) is 25.6. The molecular formula is C24H30ClN2O2+. The summed E-state index contributed by atoms with van der Waals surface area (Å²) in [5, 5.41) is 0.516. The highest BCUT2D eigenvalue weighted by molar-refractivity contribution is 6.34. The SMILES string of the molecule is CCOCC[N+]1(C)CCC2C(C1)c1cc(C)ccc1N2C(=O)c1ccccc1Cl. The summed E-state index contributed by atoms with van der Waals surface area (Å²) in [7, 11) is 2.32. The van der Waals surface area contributed by atoms with Crippen LogP contribution in [0.3, 0.4) is 0 Å². The van der Waals surface area contributed by atoms with Crippen LogP contribution in [0, 0.1) is 6.92 Å². The van der Waals surface area contributed by atoms with Crippen LogP contribution in [0.1, 0.15) is 40.7 Å². The van der Waals surface area contributed by atoms with Gasteiger partial charge in [0.15, 0.2) is 0 Å². The molecule has 29 heavy (non-hydrogen) atoms. The maximum atomic E-state index is 13.6. The quantitative estimate of drug-likeness (QED) is 0.527. The molecule has 2 aliphatic rings. The van der Waals surface area contributed by atoms with Gasteiger partial charge in [-0.1, -0.05) is 41.4 Å². The standard InChI is InChI=1S/C24H30ClN2O2/c1-4-29-14-13-27(3)12-11-23-20(16-27)19-15-17(2)9-10-22(19)26(23)24(28)18-7-5-6-8-21(18)25/h5-10,15,20,23H,4,11-14,16H2,1-3H3/q+1. The van der Waals surface area contributed by atoms with Crippen molar-refractivity contribution in [1.29, 1.82) is 0 Å². The number of hydrogen-bond donors (Lipinski definition) is 0. The lowest BCUT2D eigenvalue weighted by Crippen LogP contribution is -2.57. The smallest absolute Gasteiger partial charge is 0.260 e. The molecule has 0 radical (unpaired) electrons. The minimum absolute atomic E-state index is 0.0126. The van der Waals surface area contributed by atoms with Gasteiger partial charge in [-0.25, -0.2) is 0 Å². The Morgan fingerprint density at radius 3 is 2.83 bits per heavy atom. The Balaban J connectivity index is 1.68. The Hall–Kier alpha value is -1.88. The zero-order valence-electron chi connectivity index (χ0n) is 17.5. The first-order valence-corrected chi connectivity index (χ1v) is 10.9. The Kier molecular flexibility index (Phi) is 5.69. The highest BCUT2D eigenvalue weighted by Gasteiger charge is 2.49. The van der Waals surface area contributed by atoms with Crippen LogP contribution in [0.4, 0.5) is 5.69 Å². The summed E-state index contributed by atoms with van der Waals surface area (Å²) in [5.74, 6) is 0.357. The predicted molar refractivity (Wildman–Crippen MR) is 118 cm³/mol. The molecule has 4 nitrogen and oxygen atoms in total. The third-order valence-electron chi connectivity index (χ3n) is 6.54. The fourth-order valence-corrected chi connectivity index (χ4v) is 5.19. The number of fused-ring (bicyclic) bond motifs is 3. The fraction of sp³-hybridized carbons (Fsp3) is 0.458. The summed E-state index contributed by atoms with van der Waals surface area (Å²) in [6.45, 7) is 8.80. The van der Waals surface area contributed by atoms with E-state index in [1.807, 2.05) is 30.0 Å². The van der Waals surface area contributed by atoms with Gasteiger partial charge in [0.1, 0.15) is 6.54 Å².